The van der Waals surface area contributed by atoms with Crippen LogP contribution in [0.3, 0.4) is 0 Å². The second kappa shape index (κ2) is 7.59. The van der Waals surface area contributed by atoms with Gasteiger partial charge in [0.2, 0.25) is 5.91 Å². The first-order chi connectivity index (χ1) is 13.8. The number of carbonyl (C=O) groups is 1. The zero-order valence-corrected chi connectivity index (χ0v) is 15.7. The van der Waals surface area contributed by atoms with Gasteiger partial charge in [-0.2, -0.15) is 0 Å². The van der Waals surface area contributed by atoms with Crippen LogP contribution in [-0.4, -0.2) is 36.3 Å². The summed E-state index contributed by atoms with van der Waals surface area (Å²) >= 11 is 0. The molecule has 0 spiro atoms. The highest BCUT2D eigenvalue weighted by Gasteiger charge is 2.34. The lowest BCUT2D eigenvalue weighted by Gasteiger charge is -2.39. The minimum absolute atomic E-state index is 0.00123. The third kappa shape index (κ3) is 4.03. The summed E-state index contributed by atoms with van der Waals surface area (Å²) in [6.45, 7) is 0.777. The summed E-state index contributed by atoms with van der Waals surface area (Å²) in [5.41, 5.74) is -0.101. The van der Waals surface area contributed by atoms with E-state index < -0.39 is 23.1 Å². The van der Waals surface area contributed by atoms with Crippen molar-refractivity contribution >= 4 is 17.3 Å². The standard InChI is InChI=1S/C21H21F3N2O3/c22-13-1-4-17(16(24)11-13)26-9-7-21(28,8-10-26)12-29-18-5-3-15(23)20-14(18)2-6-19(27)25-20/h1,3-5,11,28H,2,6-10,12H2,(H,25,27). The maximum absolute atomic E-state index is 14.0. The molecule has 4 rings (SSSR count). The molecule has 8 heteroatoms. The first-order valence-electron chi connectivity index (χ1n) is 9.51. The lowest BCUT2D eigenvalue weighted by Crippen LogP contribution is -2.48. The fraction of sp³-hybridized carbons (Fsp3) is 0.381. The molecule has 2 N–H and O–H groups in total. The molecule has 2 aliphatic rings. The summed E-state index contributed by atoms with van der Waals surface area (Å²) in [5.74, 6) is -1.60. The minimum Gasteiger partial charge on any atom is -0.490 e. The van der Waals surface area contributed by atoms with Gasteiger partial charge in [0.15, 0.2) is 0 Å². The Labute approximate surface area is 166 Å². The molecular weight excluding hydrogens is 385 g/mol. The molecule has 154 valence electrons. The van der Waals surface area contributed by atoms with Crippen LogP contribution < -0.4 is 15.0 Å². The number of ether oxygens (including phenoxy) is 1. The Balaban J connectivity index is 1.41. The lowest BCUT2D eigenvalue weighted by atomic mass is 9.92. The number of amides is 1. The van der Waals surface area contributed by atoms with Crippen molar-refractivity contribution in [2.75, 3.05) is 29.9 Å². The Morgan fingerprint density at radius 1 is 1.07 bits per heavy atom. The van der Waals surface area contributed by atoms with Crippen LogP contribution in [0.1, 0.15) is 24.8 Å². The Bertz CT molecular complexity index is 943. The molecule has 0 aliphatic carbocycles. The average molecular weight is 406 g/mol. The van der Waals surface area contributed by atoms with Gasteiger partial charge in [-0.25, -0.2) is 13.2 Å². The Morgan fingerprint density at radius 2 is 1.83 bits per heavy atom. The molecule has 1 fully saturated rings. The van der Waals surface area contributed by atoms with Crippen LogP contribution in [0.2, 0.25) is 0 Å². The van der Waals surface area contributed by atoms with E-state index in [-0.39, 0.29) is 24.6 Å². The molecule has 1 amide bonds. The molecule has 0 radical (unpaired) electrons. The summed E-state index contributed by atoms with van der Waals surface area (Å²) in [5, 5.41) is 13.4. The van der Waals surface area contributed by atoms with Gasteiger partial charge in [-0.05, 0) is 43.5 Å². The van der Waals surface area contributed by atoms with Crippen molar-refractivity contribution in [3.63, 3.8) is 0 Å². The number of nitrogens with zero attached hydrogens (tertiary/aromatic N) is 1. The summed E-state index contributed by atoms with van der Waals surface area (Å²) < 4.78 is 46.9. The number of hydrogen-bond donors (Lipinski definition) is 2. The second-order valence-electron chi connectivity index (χ2n) is 7.54. The molecule has 1 saturated heterocycles. The van der Waals surface area contributed by atoms with Crippen molar-refractivity contribution in [1.82, 2.24) is 0 Å². The van der Waals surface area contributed by atoms with E-state index in [4.69, 9.17) is 4.74 Å². The van der Waals surface area contributed by atoms with Crippen molar-refractivity contribution < 1.29 is 27.8 Å². The largest absolute Gasteiger partial charge is 0.490 e. The van der Waals surface area contributed by atoms with Crippen molar-refractivity contribution in [2.24, 2.45) is 0 Å². The van der Waals surface area contributed by atoms with Crippen molar-refractivity contribution in [2.45, 2.75) is 31.3 Å². The van der Waals surface area contributed by atoms with Crippen molar-refractivity contribution in [3.8, 4) is 5.75 Å². The van der Waals surface area contributed by atoms with Gasteiger partial charge >= 0.3 is 0 Å². The molecule has 0 aromatic heterocycles. The maximum Gasteiger partial charge on any atom is 0.224 e. The summed E-state index contributed by atoms with van der Waals surface area (Å²) in [7, 11) is 0. The predicted octanol–water partition coefficient (Wildman–Crippen LogP) is 3.40. The molecule has 2 aromatic carbocycles. The Hall–Kier alpha value is -2.74. The lowest BCUT2D eigenvalue weighted by molar-refractivity contribution is -0.116. The summed E-state index contributed by atoms with van der Waals surface area (Å²) in [6.07, 6.45) is 1.29. The normalized spacial score (nSPS) is 18.2. The average Bonchev–Trinajstić information content (AvgIpc) is 2.69. The van der Waals surface area contributed by atoms with Gasteiger partial charge in [-0.1, -0.05) is 0 Å². The van der Waals surface area contributed by atoms with Crippen molar-refractivity contribution in [1.29, 1.82) is 0 Å². The van der Waals surface area contributed by atoms with E-state index in [2.05, 4.69) is 5.32 Å². The highest BCUT2D eigenvalue weighted by atomic mass is 19.1. The molecule has 0 unspecified atom stereocenters. The number of piperidine rings is 1. The number of nitrogens with one attached hydrogen (secondary N) is 1. The molecular formula is C21H21F3N2O3. The number of carbonyl (C=O) groups excluding carboxylic acids is 1. The summed E-state index contributed by atoms with van der Waals surface area (Å²) in [6, 6.07) is 6.17. The molecule has 2 aromatic rings. The number of benzene rings is 2. The van der Waals surface area contributed by atoms with Crippen LogP contribution >= 0.6 is 0 Å². The van der Waals surface area contributed by atoms with Gasteiger partial charge in [0.05, 0.1) is 11.4 Å². The van der Waals surface area contributed by atoms with E-state index in [1.54, 1.807) is 4.90 Å². The van der Waals surface area contributed by atoms with Gasteiger partial charge in [0.1, 0.15) is 35.4 Å². The quantitative estimate of drug-likeness (QED) is 0.817. The van der Waals surface area contributed by atoms with Gasteiger partial charge < -0.3 is 20.1 Å². The zero-order chi connectivity index (χ0) is 20.6. The van der Waals surface area contributed by atoms with E-state index in [9.17, 15) is 23.1 Å². The molecule has 0 atom stereocenters. The molecule has 2 heterocycles. The fourth-order valence-electron chi connectivity index (χ4n) is 3.82. The van der Waals surface area contributed by atoms with Crippen LogP contribution in [0, 0.1) is 17.5 Å². The van der Waals surface area contributed by atoms with Gasteiger partial charge in [0.25, 0.3) is 0 Å². The third-order valence-corrected chi connectivity index (χ3v) is 5.53. The van der Waals surface area contributed by atoms with Gasteiger partial charge in [0, 0.05) is 31.1 Å². The zero-order valence-electron chi connectivity index (χ0n) is 15.7. The number of halogens is 3. The first-order valence-corrected chi connectivity index (χ1v) is 9.51. The number of hydrogen-bond acceptors (Lipinski definition) is 4. The highest BCUT2D eigenvalue weighted by Crippen LogP contribution is 2.35. The van der Waals surface area contributed by atoms with E-state index >= 15 is 0 Å². The maximum atomic E-state index is 14.0. The molecule has 0 bridgehead atoms. The van der Waals surface area contributed by atoms with Gasteiger partial charge in [-0.15, -0.1) is 0 Å². The Kier molecular flexibility index (Phi) is 5.12. The fourth-order valence-corrected chi connectivity index (χ4v) is 3.82. The highest BCUT2D eigenvalue weighted by molar-refractivity contribution is 5.94. The van der Waals surface area contributed by atoms with Crippen LogP contribution in [0.25, 0.3) is 0 Å². The number of anilines is 2. The molecule has 0 saturated carbocycles. The van der Waals surface area contributed by atoms with E-state index in [1.165, 1.54) is 24.3 Å². The topological polar surface area (TPSA) is 61.8 Å². The molecule has 29 heavy (non-hydrogen) atoms. The summed E-state index contributed by atoms with van der Waals surface area (Å²) in [4.78, 5) is 13.3. The molecule has 5 nitrogen and oxygen atoms in total. The Morgan fingerprint density at radius 3 is 2.55 bits per heavy atom. The van der Waals surface area contributed by atoms with Gasteiger partial charge in [-0.3, -0.25) is 4.79 Å². The molecule has 2 aliphatic heterocycles. The number of aliphatic hydroxyl groups is 1. The van der Waals surface area contributed by atoms with Crippen molar-refractivity contribution in [3.05, 3.63) is 53.3 Å². The van der Waals surface area contributed by atoms with E-state index in [1.807, 2.05) is 0 Å². The minimum atomic E-state index is -1.12. The third-order valence-electron chi connectivity index (χ3n) is 5.53. The number of rotatable bonds is 4. The van der Waals surface area contributed by atoms with Crippen LogP contribution in [-0.2, 0) is 11.2 Å². The van der Waals surface area contributed by atoms with Crippen LogP contribution in [0.15, 0.2) is 30.3 Å². The van der Waals surface area contributed by atoms with E-state index in [0.717, 1.165) is 6.07 Å². The monoisotopic (exact) mass is 406 g/mol. The predicted molar refractivity (Wildman–Crippen MR) is 102 cm³/mol. The van der Waals surface area contributed by atoms with E-state index in [0.29, 0.717) is 49.4 Å². The van der Waals surface area contributed by atoms with Crippen LogP contribution in [0.5, 0.6) is 5.75 Å². The first kappa shape index (κ1) is 19.6. The number of fused-ring (bicyclic) bond motifs is 1. The SMILES string of the molecule is O=C1CCc2c(OCC3(O)CCN(c4ccc(F)cc4F)CC3)ccc(F)c2N1. The van der Waals surface area contributed by atoms with Crippen LogP contribution in [0.4, 0.5) is 24.5 Å². The second-order valence-corrected chi connectivity index (χ2v) is 7.54. The smallest absolute Gasteiger partial charge is 0.224 e.